The number of nitrogens with one attached hydrogen (secondary N) is 1. The standard InChI is InChI=1S/C16H18N2O4S/c17-15(19)10-22-13-5-3-12(4-6-13)16(20)18-7-9-23-11-14-2-1-8-21-14/h1-6,8H,7,9-11H2,(H2,17,19)(H,18,20). The van der Waals surface area contributed by atoms with E-state index in [1.807, 2.05) is 12.1 Å². The first-order valence-corrected chi connectivity index (χ1v) is 8.20. The zero-order valence-electron chi connectivity index (χ0n) is 12.5. The molecule has 2 amide bonds. The third-order valence-corrected chi connectivity index (χ3v) is 3.84. The van der Waals surface area contributed by atoms with Gasteiger partial charge in [-0.3, -0.25) is 9.59 Å². The Morgan fingerprint density at radius 3 is 2.65 bits per heavy atom. The zero-order valence-corrected chi connectivity index (χ0v) is 13.3. The second kappa shape index (κ2) is 8.89. The Morgan fingerprint density at radius 1 is 1.22 bits per heavy atom. The van der Waals surface area contributed by atoms with Gasteiger partial charge in [-0.05, 0) is 36.4 Å². The molecule has 3 N–H and O–H groups in total. The van der Waals surface area contributed by atoms with E-state index < -0.39 is 5.91 Å². The summed E-state index contributed by atoms with van der Waals surface area (Å²) in [5, 5.41) is 2.84. The van der Waals surface area contributed by atoms with Gasteiger partial charge in [0.05, 0.1) is 12.0 Å². The zero-order chi connectivity index (χ0) is 16.5. The Kier molecular flexibility index (Phi) is 6.56. The number of amides is 2. The molecule has 122 valence electrons. The third kappa shape index (κ3) is 6.07. The first kappa shape index (κ1) is 17.0. The van der Waals surface area contributed by atoms with E-state index in [1.54, 1.807) is 42.3 Å². The second-order valence-electron chi connectivity index (χ2n) is 4.67. The molecular weight excluding hydrogens is 316 g/mol. The smallest absolute Gasteiger partial charge is 0.255 e. The number of ether oxygens (including phenoxy) is 1. The Balaban J connectivity index is 1.67. The lowest BCUT2D eigenvalue weighted by molar-refractivity contribution is -0.119. The van der Waals surface area contributed by atoms with Gasteiger partial charge in [-0.15, -0.1) is 0 Å². The number of thioether (sulfide) groups is 1. The predicted molar refractivity (Wildman–Crippen MR) is 88.3 cm³/mol. The summed E-state index contributed by atoms with van der Waals surface area (Å²) in [6.45, 7) is 0.391. The number of carbonyl (C=O) groups excluding carboxylic acids is 2. The fourth-order valence-electron chi connectivity index (χ4n) is 1.76. The highest BCUT2D eigenvalue weighted by Gasteiger charge is 2.05. The van der Waals surface area contributed by atoms with Crippen LogP contribution in [0.1, 0.15) is 16.1 Å². The minimum absolute atomic E-state index is 0.148. The normalized spacial score (nSPS) is 10.3. The number of benzene rings is 1. The highest BCUT2D eigenvalue weighted by atomic mass is 32.2. The summed E-state index contributed by atoms with van der Waals surface area (Å²) in [5.74, 6) is 2.31. The van der Waals surface area contributed by atoms with Crippen LogP contribution in [-0.4, -0.2) is 30.7 Å². The van der Waals surface area contributed by atoms with E-state index in [9.17, 15) is 9.59 Å². The number of furan rings is 1. The van der Waals surface area contributed by atoms with Crippen LogP contribution in [0.15, 0.2) is 47.1 Å². The number of primary amides is 1. The van der Waals surface area contributed by atoms with Crippen molar-refractivity contribution in [2.75, 3.05) is 18.9 Å². The predicted octanol–water partition coefficient (Wildman–Crippen LogP) is 1.81. The molecule has 0 radical (unpaired) electrons. The first-order valence-electron chi connectivity index (χ1n) is 7.04. The maximum absolute atomic E-state index is 12.0. The number of nitrogens with two attached hydrogens (primary N) is 1. The summed E-state index contributed by atoms with van der Waals surface area (Å²) >= 11 is 1.69. The number of carbonyl (C=O) groups is 2. The molecular formula is C16H18N2O4S. The van der Waals surface area contributed by atoms with Gasteiger partial charge in [-0.1, -0.05) is 0 Å². The minimum Gasteiger partial charge on any atom is -0.484 e. The molecule has 1 aromatic carbocycles. The SMILES string of the molecule is NC(=O)COc1ccc(C(=O)NCCSCc2ccco2)cc1. The molecule has 0 atom stereocenters. The van der Waals surface area contributed by atoms with E-state index in [4.69, 9.17) is 14.9 Å². The third-order valence-electron chi connectivity index (χ3n) is 2.85. The van der Waals surface area contributed by atoms with Crippen molar-refractivity contribution in [2.45, 2.75) is 5.75 Å². The molecule has 2 rings (SSSR count). The van der Waals surface area contributed by atoms with Crippen LogP contribution in [0, 0.1) is 0 Å². The Labute approximate surface area is 138 Å². The van der Waals surface area contributed by atoms with Crippen molar-refractivity contribution in [3.8, 4) is 5.75 Å². The monoisotopic (exact) mass is 334 g/mol. The topological polar surface area (TPSA) is 94.6 Å². The molecule has 6 nitrogen and oxygen atoms in total. The van der Waals surface area contributed by atoms with Gasteiger partial charge in [0.2, 0.25) is 0 Å². The molecule has 0 unspecified atom stereocenters. The van der Waals surface area contributed by atoms with Crippen LogP contribution in [0.2, 0.25) is 0 Å². The van der Waals surface area contributed by atoms with E-state index in [2.05, 4.69) is 5.32 Å². The van der Waals surface area contributed by atoms with Crippen molar-refractivity contribution >= 4 is 23.6 Å². The van der Waals surface area contributed by atoms with Crippen molar-refractivity contribution in [3.05, 3.63) is 54.0 Å². The molecule has 0 aliphatic rings. The fourth-order valence-corrected chi connectivity index (χ4v) is 2.52. The molecule has 1 aromatic heterocycles. The van der Waals surface area contributed by atoms with Gasteiger partial charge < -0.3 is 20.2 Å². The molecule has 23 heavy (non-hydrogen) atoms. The van der Waals surface area contributed by atoms with Crippen LogP contribution < -0.4 is 15.8 Å². The summed E-state index contributed by atoms with van der Waals surface area (Å²) in [6.07, 6.45) is 1.65. The number of hydrogen-bond donors (Lipinski definition) is 2. The highest BCUT2D eigenvalue weighted by Crippen LogP contribution is 2.13. The highest BCUT2D eigenvalue weighted by molar-refractivity contribution is 7.98. The number of hydrogen-bond acceptors (Lipinski definition) is 5. The second-order valence-corrected chi connectivity index (χ2v) is 5.77. The average molecular weight is 334 g/mol. The lowest BCUT2D eigenvalue weighted by Crippen LogP contribution is -2.25. The van der Waals surface area contributed by atoms with Crippen LogP contribution in [-0.2, 0) is 10.5 Å². The van der Waals surface area contributed by atoms with E-state index in [1.165, 1.54) is 0 Å². The van der Waals surface area contributed by atoms with Crippen molar-refractivity contribution in [2.24, 2.45) is 5.73 Å². The van der Waals surface area contributed by atoms with Gasteiger partial charge in [0.15, 0.2) is 6.61 Å². The van der Waals surface area contributed by atoms with Gasteiger partial charge in [0.1, 0.15) is 11.5 Å². The van der Waals surface area contributed by atoms with Gasteiger partial charge in [-0.2, -0.15) is 11.8 Å². The molecule has 0 saturated heterocycles. The largest absolute Gasteiger partial charge is 0.484 e. The molecule has 0 fully saturated rings. The van der Waals surface area contributed by atoms with Crippen molar-refractivity contribution in [1.29, 1.82) is 0 Å². The molecule has 0 saturated carbocycles. The van der Waals surface area contributed by atoms with Gasteiger partial charge in [0, 0.05) is 17.9 Å². The molecule has 0 spiro atoms. The van der Waals surface area contributed by atoms with Gasteiger partial charge in [-0.25, -0.2) is 0 Å². The number of rotatable bonds is 9. The summed E-state index contributed by atoms with van der Waals surface area (Å²) in [6, 6.07) is 10.3. The van der Waals surface area contributed by atoms with Crippen molar-refractivity contribution in [3.63, 3.8) is 0 Å². The summed E-state index contributed by atoms with van der Waals surface area (Å²) in [5.41, 5.74) is 5.53. The van der Waals surface area contributed by atoms with E-state index >= 15 is 0 Å². The maximum Gasteiger partial charge on any atom is 0.255 e. The lowest BCUT2D eigenvalue weighted by atomic mass is 10.2. The molecule has 0 aliphatic heterocycles. The molecule has 0 aliphatic carbocycles. The lowest BCUT2D eigenvalue weighted by Gasteiger charge is -2.07. The van der Waals surface area contributed by atoms with E-state index in [0.717, 1.165) is 17.3 Å². The maximum atomic E-state index is 12.0. The Hall–Kier alpha value is -2.41. The van der Waals surface area contributed by atoms with E-state index in [-0.39, 0.29) is 12.5 Å². The Morgan fingerprint density at radius 2 is 2.00 bits per heavy atom. The van der Waals surface area contributed by atoms with Gasteiger partial charge in [0.25, 0.3) is 11.8 Å². The van der Waals surface area contributed by atoms with Crippen LogP contribution in [0.3, 0.4) is 0 Å². The van der Waals surface area contributed by atoms with Crippen molar-refractivity contribution < 1.29 is 18.7 Å². The fraction of sp³-hybridized carbons (Fsp3) is 0.250. The quantitative estimate of drug-likeness (QED) is 0.682. The van der Waals surface area contributed by atoms with Crippen LogP contribution in [0.25, 0.3) is 0 Å². The van der Waals surface area contributed by atoms with Crippen LogP contribution in [0.5, 0.6) is 5.75 Å². The first-order chi connectivity index (χ1) is 11.1. The summed E-state index contributed by atoms with van der Waals surface area (Å²) in [7, 11) is 0. The summed E-state index contributed by atoms with van der Waals surface area (Å²) in [4.78, 5) is 22.6. The Bertz CT molecular complexity index is 626. The van der Waals surface area contributed by atoms with Crippen LogP contribution >= 0.6 is 11.8 Å². The average Bonchev–Trinajstić information content (AvgIpc) is 3.06. The summed E-state index contributed by atoms with van der Waals surface area (Å²) < 4.78 is 10.4. The van der Waals surface area contributed by atoms with E-state index in [0.29, 0.717) is 17.9 Å². The minimum atomic E-state index is -0.543. The molecule has 0 bridgehead atoms. The van der Waals surface area contributed by atoms with Gasteiger partial charge >= 0.3 is 0 Å². The molecule has 2 aromatic rings. The molecule has 7 heteroatoms. The van der Waals surface area contributed by atoms with Crippen molar-refractivity contribution in [1.82, 2.24) is 5.32 Å². The molecule has 1 heterocycles. The van der Waals surface area contributed by atoms with Crippen LogP contribution in [0.4, 0.5) is 0 Å².